The first kappa shape index (κ1) is 15.8. The summed E-state index contributed by atoms with van der Waals surface area (Å²) in [4.78, 5) is 0.0148. The molecule has 0 fully saturated rings. The van der Waals surface area contributed by atoms with Gasteiger partial charge in [0.2, 0.25) is 0 Å². The lowest BCUT2D eigenvalue weighted by atomic mass is 10.2. The molecule has 0 bridgehead atoms. The highest BCUT2D eigenvalue weighted by atomic mass is 32.2. The second-order valence-electron chi connectivity index (χ2n) is 4.46. The monoisotopic (exact) mass is 323 g/mol. The second-order valence-corrected chi connectivity index (χ2v) is 6.14. The predicted molar refractivity (Wildman–Crippen MR) is 85.6 cm³/mol. The topological polar surface area (TPSA) is 117 Å². The number of methoxy groups -OCH3 is 2. The number of hydrogen-bond donors (Lipinski definition) is 3. The molecule has 2 aromatic rings. The molecule has 7 nitrogen and oxygen atoms in total. The molecule has 22 heavy (non-hydrogen) atoms. The third-order valence-electron chi connectivity index (χ3n) is 3.01. The zero-order valence-corrected chi connectivity index (χ0v) is 13.0. The van der Waals surface area contributed by atoms with E-state index >= 15 is 0 Å². The number of nitrogens with two attached hydrogens (primary N) is 2. The lowest BCUT2D eigenvalue weighted by molar-refractivity contribution is 0.415. The van der Waals surface area contributed by atoms with Crippen molar-refractivity contribution in [2.75, 3.05) is 30.4 Å². The molecule has 0 saturated heterocycles. The minimum absolute atomic E-state index is 0.0148. The van der Waals surface area contributed by atoms with Gasteiger partial charge < -0.3 is 20.9 Å². The van der Waals surface area contributed by atoms with E-state index < -0.39 is 10.0 Å². The van der Waals surface area contributed by atoms with Crippen molar-refractivity contribution in [3.05, 3.63) is 36.4 Å². The maximum atomic E-state index is 12.4. The first-order chi connectivity index (χ1) is 10.4. The van der Waals surface area contributed by atoms with Gasteiger partial charge in [0.1, 0.15) is 11.5 Å². The minimum atomic E-state index is -3.81. The van der Waals surface area contributed by atoms with Gasteiger partial charge in [-0.1, -0.05) is 0 Å². The Bertz CT molecular complexity index is 791. The molecule has 0 aliphatic carbocycles. The molecule has 0 aromatic heterocycles. The van der Waals surface area contributed by atoms with E-state index in [-0.39, 0.29) is 22.0 Å². The summed E-state index contributed by atoms with van der Waals surface area (Å²) in [5.41, 5.74) is 12.3. The molecule has 0 saturated carbocycles. The average molecular weight is 323 g/mol. The third kappa shape index (κ3) is 3.17. The predicted octanol–water partition coefficient (Wildman–Crippen LogP) is 1.67. The molecule has 0 aliphatic heterocycles. The Kier molecular flexibility index (Phi) is 4.32. The Hall–Kier alpha value is -2.61. The molecule has 0 heterocycles. The van der Waals surface area contributed by atoms with Crippen molar-refractivity contribution < 1.29 is 17.9 Å². The van der Waals surface area contributed by atoms with Crippen LogP contribution in [0.2, 0.25) is 0 Å². The minimum Gasteiger partial charge on any atom is -0.497 e. The quantitative estimate of drug-likeness (QED) is 0.721. The van der Waals surface area contributed by atoms with Crippen LogP contribution in [0, 0.1) is 0 Å². The Morgan fingerprint density at radius 1 is 0.955 bits per heavy atom. The van der Waals surface area contributed by atoms with E-state index in [2.05, 4.69) is 4.72 Å². The van der Waals surface area contributed by atoms with Crippen molar-refractivity contribution in [2.45, 2.75) is 4.90 Å². The van der Waals surface area contributed by atoms with Crippen LogP contribution in [0.3, 0.4) is 0 Å². The summed E-state index contributed by atoms with van der Waals surface area (Å²) in [7, 11) is -0.856. The van der Waals surface area contributed by atoms with Gasteiger partial charge in [0.25, 0.3) is 10.0 Å². The Balaban J connectivity index is 2.33. The highest BCUT2D eigenvalue weighted by molar-refractivity contribution is 7.92. The Labute approximate surface area is 128 Å². The van der Waals surface area contributed by atoms with Gasteiger partial charge in [0.05, 0.1) is 36.2 Å². The zero-order chi connectivity index (χ0) is 16.3. The van der Waals surface area contributed by atoms with Gasteiger partial charge in [0, 0.05) is 6.07 Å². The van der Waals surface area contributed by atoms with Gasteiger partial charge in [-0.2, -0.15) is 0 Å². The molecule has 0 radical (unpaired) electrons. The summed E-state index contributed by atoms with van der Waals surface area (Å²) >= 11 is 0. The highest BCUT2D eigenvalue weighted by Crippen LogP contribution is 2.29. The van der Waals surface area contributed by atoms with Crippen LogP contribution in [0.1, 0.15) is 0 Å². The summed E-state index contributed by atoms with van der Waals surface area (Å²) in [5, 5.41) is 0. The summed E-state index contributed by atoms with van der Waals surface area (Å²) in [5.74, 6) is 0.942. The van der Waals surface area contributed by atoms with Crippen LogP contribution in [-0.2, 0) is 10.0 Å². The van der Waals surface area contributed by atoms with Crippen molar-refractivity contribution in [3.63, 3.8) is 0 Å². The van der Waals surface area contributed by atoms with E-state index in [4.69, 9.17) is 20.9 Å². The van der Waals surface area contributed by atoms with Crippen molar-refractivity contribution in [3.8, 4) is 11.5 Å². The summed E-state index contributed by atoms with van der Waals surface area (Å²) < 4.78 is 37.2. The number of nitrogens with one attached hydrogen (secondary N) is 1. The lowest BCUT2D eigenvalue weighted by Gasteiger charge is -2.12. The van der Waals surface area contributed by atoms with Crippen LogP contribution in [0.25, 0.3) is 0 Å². The van der Waals surface area contributed by atoms with E-state index in [0.29, 0.717) is 11.5 Å². The number of rotatable bonds is 5. The van der Waals surface area contributed by atoms with Crippen molar-refractivity contribution in [2.24, 2.45) is 0 Å². The maximum absolute atomic E-state index is 12.4. The standard InChI is InChI=1S/C14H17N3O4S/c1-20-9-3-5-13(11(15)7-9)17-22(18,19)10-4-6-14(21-2)12(16)8-10/h3-8,17H,15-16H2,1-2H3. The Morgan fingerprint density at radius 2 is 1.68 bits per heavy atom. The van der Waals surface area contributed by atoms with Gasteiger partial charge in [0.15, 0.2) is 0 Å². The maximum Gasteiger partial charge on any atom is 0.262 e. The fraction of sp³-hybridized carbons (Fsp3) is 0.143. The van der Waals surface area contributed by atoms with E-state index in [0.717, 1.165) is 0 Å². The molecule has 0 aliphatic rings. The molecule has 0 spiro atoms. The molecule has 8 heteroatoms. The molecule has 2 aromatic carbocycles. The number of ether oxygens (including phenoxy) is 2. The van der Waals surface area contributed by atoms with Gasteiger partial charge in [-0.25, -0.2) is 8.42 Å². The largest absolute Gasteiger partial charge is 0.497 e. The number of benzene rings is 2. The lowest BCUT2D eigenvalue weighted by Crippen LogP contribution is -2.14. The van der Waals surface area contributed by atoms with E-state index in [1.54, 1.807) is 6.07 Å². The van der Waals surface area contributed by atoms with Gasteiger partial charge >= 0.3 is 0 Å². The molecule has 2 rings (SSSR count). The SMILES string of the molecule is COc1ccc(NS(=O)(=O)c2ccc(OC)c(N)c2)c(N)c1. The van der Waals surface area contributed by atoms with Gasteiger partial charge in [-0.3, -0.25) is 4.72 Å². The molecule has 5 N–H and O–H groups in total. The number of hydrogen-bond acceptors (Lipinski definition) is 6. The smallest absolute Gasteiger partial charge is 0.262 e. The van der Waals surface area contributed by atoms with Crippen LogP contribution in [0.5, 0.6) is 11.5 Å². The van der Waals surface area contributed by atoms with Crippen LogP contribution < -0.4 is 25.7 Å². The first-order valence-electron chi connectivity index (χ1n) is 6.27. The molecular weight excluding hydrogens is 306 g/mol. The summed E-state index contributed by atoms with van der Waals surface area (Å²) in [6.45, 7) is 0. The van der Waals surface area contributed by atoms with E-state index in [1.165, 1.54) is 44.6 Å². The molecular formula is C14H17N3O4S. The number of nitrogen functional groups attached to an aromatic ring is 2. The molecule has 0 unspecified atom stereocenters. The van der Waals surface area contributed by atoms with Crippen molar-refractivity contribution in [1.29, 1.82) is 0 Å². The van der Waals surface area contributed by atoms with Crippen LogP contribution in [0.4, 0.5) is 17.1 Å². The number of anilines is 3. The van der Waals surface area contributed by atoms with Gasteiger partial charge in [-0.15, -0.1) is 0 Å². The first-order valence-corrected chi connectivity index (χ1v) is 7.75. The van der Waals surface area contributed by atoms with Crippen LogP contribution >= 0.6 is 0 Å². The van der Waals surface area contributed by atoms with Crippen molar-refractivity contribution in [1.82, 2.24) is 0 Å². The fourth-order valence-corrected chi connectivity index (χ4v) is 2.97. The third-order valence-corrected chi connectivity index (χ3v) is 4.38. The van der Waals surface area contributed by atoms with Crippen LogP contribution in [-0.4, -0.2) is 22.6 Å². The zero-order valence-electron chi connectivity index (χ0n) is 12.2. The van der Waals surface area contributed by atoms with Crippen LogP contribution in [0.15, 0.2) is 41.3 Å². The molecule has 118 valence electrons. The normalized spacial score (nSPS) is 11.0. The highest BCUT2D eigenvalue weighted by Gasteiger charge is 2.17. The van der Waals surface area contributed by atoms with E-state index in [1.807, 2.05) is 0 Å². The summed E-state index contributed by atoms with van der Waals surface area (Å²) in [6.07, 6.45) is 0. The van der Waals surface area contributed by atoms with Crippen molar-refractivity contribution >= 4 is 27.1 Å². The second kappa shape index (κ2) is 6.02. The molecule has 0 amide bonds. The fourth-order valence-electron chi connectivity index (χ4n) is 1.84. The Morgan fingerprint density at radius 3 is 2.23 bits per heavy atom. The number of sulfonamides is 1. The average Bonchev–Trinajstić information content (AvgIpc) is 2.49. The summed E-state index contributed by atoms with van der Waals surface area (Å²) in [6, 6.07) is 8.87. The molecule has 0 atom stereocenters. The van der Waals surface area contributed by atoms with Gasteiger partial charge in [-0.05, 0) is 30.3 Å². The van der Waals surface area contributed by atoms with E-state index in [9.17, 15) is 8.42 Å².